The molecule has 0 aliphatic heterocycles. The van der Waals surface area contributed by atoms with Gasteiger partial charge in [-0.3, -0.25) is 4.79 Å². The van der Waals surface area contributed by atoms with Gasteiger partial charge in [0.25, 0.3) is 5.91 Å². The van der Waals surface area contributed by atoms with Crippen LogP contribution in [0.3, 0.4) is 0 Å². The number of benzene rings is 2. The van der Waals surface area contributed by atoms with Crippen LogP contribution in [0.2, 0.25) is 5.02 Å². The van der Waals surface area contributed by atoms with Crippen molar-refractivity contribution in [1.29, 1.82) is 0 Å². The molecule has 0 saturated heterocycles. The molecule has 0 heterocycles. The second-order valence-corrected chi connectivity index (χ2v) is 4.85. The van der Waals surface area contributed by atoms with E-state index >= 15 is 0 Å². The van der Waals surface area contributed by atoms with Gasteiger partial charge in [-0.1, -0.05) is 29.8 Å². The van der Waals surface area contributed by atoms with Crippen LogP contribution in [0.5, 0.6) is 11.5 Å². The SMILES string of the molecule is COc1ccccc1O[C@H](C)C(=O)Nc1cccc(Cl)c1. The lowest BCUT2D eigenvalue weighted by Crippen LogP contribution is -2.30. The van der Waals surface area contributed by atoms with Gasteiger partial charge in [0.1, 0.15) is 0 Å². The molecule has 0 aliphatic carbocycles. The molecule has 0 unspecified atom stereocenters. The lowest BCUT2D eigenvalue weighted by molar-refractivity contribution is -0.122. The number of carbonyl (C=O) groups is 1. The van der Waals surface area contributed by atoms with E-state index in [1.54, 1.807) is 50.4 Å². The van der Waals surface area contributed by atoms with Gasteiger partial charge in [0.2, 0.25) is 0 Å². The standard InChI is InChI=1S/C16H16ClNO3/c1-11(21-15-9-4-3-8-14(15)20-2)16(19)18-13-7-5-6-12(17)10-13/h3-11H,1-2H3,(H,18,19)/t11-/m1/s1. The van der Waals surface area contributed by atoms with Crippen molar-refractivity contribution in [3.05, 3.63) is 53.6 Å². The minimum absolute atomic E-state index is 0.261. The molecule has 0 saturated carbocycles. The number of halogens is 1. The third kappa shape index (κ3) is 4.13. The van der Waals surface area contributed by atoms with Crippen LogP contribution in [0.1, 0.15) is 6.92 Å². The average Bonchev–Trinajstić information content (AvgIpc) is 2.47. The molecule has 2 aromatic rings. The number of methoxy groups -OCH3 is 1. The maximum atomic E-state index is 12.1. The fourth-order valence-corrected chi connectivity index (χ4v) is 1.96. The van der Waals surface area contributed by atoms with Gasteiger partial charge in [-0.05, 0) is 37.3 Å². The molecule has 21 heavy (non-hydrogen) atoms. The van der Waals surface area contributed by atoms with Crippen molar-refractivity contribution >= 4 is 23.2 Å². The summed E-state index contributed by atoms with van der Waals surface area (Å²) in [4.78, 5) is 12.1. The molecule has 2 aromatic carbocycles. The smallest absolute Gasteiger partial charge is 0.265 e. The molecular formula is C16H16ClNO3. The molecule has 110 valence electrons. The van der Waals surface area contributed by atoms with Crippen molar-refractivity contribution in [3.8, 4) is 11.5 Å². The van der Waals surface area contributed by atoms with Crippen LogP contribution < -0.4 is 14.8 Å². The van der Waals surface area contributed by atoms with Crippen LogP contribution in [-0.2, 0) is 4.79 Å². The molecule has 1 atom stereocenters. The average molecular weight is 306 g/mol. The second-order valence-electron chi connectivity index (χ2n) is 4.41. The maximum absolute atomic E-state index is 12.1. The van der Waals surface area contributed by atoms with Gasteiger partial charge in [0.15, 0.2) is 17.6 Å². The first-order chi connectivity index (χ1) is 10.1. The minimum atomic E-state index is -0.666. The predicted octanol–water partition coefficient (Wildman–Crippen LogP) is 3.75. The highest BCUT2D eigenvalue weighted by atomic mass is 35.5. The van der Waals surface area contributed by atoms with E-state index in [2.05, 4.69) is 5.32 Å². The number of carbonyl (C=O) groups excluding carboxylic acids is 1. The number of hydrogen-bond acceptors (Lipinski definition) is 3. The van der Waals surface area contributed by atoms with Crippen molar-refractivity contribution in [3.63, 3.8) is 0 Å². The quantitative estimate of drug-likeness (QED) is 0.915. The Morgan fingerprint density at radius 1 is 1.14 bits per heavy atom. The monoisotopic (exact) mass is 305 g/mol. The second kappa shape index (κ2) is 6.99. The van der Waals surface area contributed by atoms with E-state index in [0.29, 0.717) is 22.2 Å². The van der Waals surface area contributed by atoms with E-state index in [0.717, 1.165) is 0 Å². The van der Waals surface area contributed by atoms with Gasteiger partial charge in [-0.25, -0.2) is 0 Å². The summed E-state index contributed by atoms with van der Waals surface area (Å²) in [5, 5.41) is 3.31. The van der Waals surface area contributed by atoms with E-state index in [9.17, 15) is 4.79 Å². The molecule has 0 radical (unpaired) electrons. The van der Waals surface area contributed by atoms with Crippen molar-refractivity contribution in [2.45, 2.75) is 13.0 Å². The molecule has 1 amide bonds. The normalized spacial score (nSPS) is 11.6. The number of anilines is 1. The van der Waals surface area contributed by atoms with Crippen LogP contribution >= 0.6 is 11.6 Å². The maximum Gasteiger partial charge on any atom is 0.265 e. The van der Waals surface area contributed by atoms with E-state index in [1.165, 1.54) is 0 Å². The number of ether oxygens (including phenoxy) is 2. The molecule has 0 aliphatic rings. The summed E-state index contributed by atoms with van der Waals surface area (Å²) in [6.07, 6.45) is -0.666. The van der Waals surface area contributed by atoms with Crippen LogP contribution in [0.15, 0.2) is 48.5 Å². The summed E-state index contributed by atoms with van der Waals surface area (Å²) in [6, 6.07) is 14.1. The minimum Gasteiger partial charge on any atom is -0.493 e. The summed E-state index contributed by atoms with van der Waals surface area (Å²) in [5.74, 6) is 0.844. The lowest BCUT2D eigenvalue weighted by atomic mass is 10.3. The Hall–Kier alpha value is -2.20. The largest absolute Gasteiger partial charge is 0.493 e. The summed E-state index contributed by atoms with van der Waals surface area (Å²) in [5.41, 5.74) is 0.628. The first kappa shape index (κ1) is 15.2. The van der Waals surface area contributed by atoms with Gasteiger partial charge in [-0.2, -0.15) is 0 Å². The molecule has 0 spiro atoms. The first-order valence-corrected chi connectivity index (χ1v) is 6.84. The number of rotatable bonds is 5. The Bertz CT molecular complexity index is 630. The van der Waals surface area contributed by atoms with E-state index < -0.39 is 6.10 Å². The molecule has 0 aromatic heterocycles. The molecule has 1 N–H and O–H groups in total. The summed E-state index contributed by atoms with van der Waals surface area (Å²) in [6.45, 7) is 1.67. The van der Waals surface area contributed by atoms with E-state index in [-0.39, 0.29) is 5.91 Å². The van der Waals surface area contributed by atoms with Crippen molar-refractivity contribution in [1.82, 2.24) is 0 Å². The first-order valence-electron chi connectivity index (χ1n) is 6.46. The Labute approximate surface area is 128 Å². The third-order valence-corrected chi connectivity index (χ3v) is 3.07. The van der Waals surface area contributed by atoms with E-state index in [4.69, 9.17) is 21.1 Å². The molecule has 5 heteroatoms. The summed E-state index contributed by atoms with van der Waals surface area (Å²) in [7, 11) is 1.55. The van der Waals surface area contributed by atoms with Gasteiger partial charge in [-0.15, -0.1) is 0 Å². The molecule has 0 fully saturated rings. The fraction of sp³-hybridized carbons (Fsp3) is 0.188. The molecular weight excluding hydrogens is 290 g/mol. The molecule has 4 nitrogen and oxygen atoms in total. The Morgan fingerprint density at radius 3 is 2.52 bits per heavy atom. The topological polar surface area (TPSA) is 47.6 Å². The molecule has 0 bridgehead atoms. The van der Waals surface area contributed by atoms with Crippen LogP contribution in [0.4, 0.5) is 5.69 Å². The van der Waals surface area contributed by atoms with Gasteiger partial charge < -0.3 is 14.8 Å². The molecule has 2 rings (SSSR count). The zero-order valence-electron chi connectivity index (χ0n) is 11.8. The van der Waals surface area contributed by atoms with E-state index in [1.807, 2.05) is 12.1 Å². The predicted molar refractivity (Wildman–Crippen MR) is 83.2 cm³/mol. The summed E-state index contributed by atoms with van der Waals surface area (Å²) < 4.78 is 10.8. The van der Waals surface area contributed by atoms with Crippen LogP contribution in [0.25, 0.3) is 0 Å². The fourth-order valence-electron chi connectivity index (χ4n) is 1.77. The third-order valence-electron chi connectivity index (χ3n) is 2.83. The van der Waals surface area contributed by atoms with Crippen molar-refractivity contribution in [2.24, 2.45) is 0 Å². The Morgan fingerprint density at radius 2 is 1.86 bits per heavy atom. The number of para-hydroxylation sites is 2. The number of nitrogens with one attached hydrogen (secondary N) is 1. The Kier molecular flexibility index (Phi) is 5.06. The van der Waals surface area contributed by atoms with Crippen molar-refractivity contribution in [2.75, 3.05) is 12.4 Å². The zero-order chi connectivity index (χ0) is 15.2. The number of hydrogen-bond donors (Lipinski definition) is 1. The Balaban J connectivity index is 2.02. The van der Waals surface area contributed by atoms with Crippen molar-refractivity contribution < 1.29 is 14.3 Å². The highest BCUT2D eigenvalue weighted by molar-refractivity contribution is 6.30. The van der Waals surface area contributed by atoms with Crippen LogP contribution in [-0.4, -0.2) is 19.1 Å². The highest BCUT2D eigenvalue weighted by Crippen LogP contribution is 2.27. The van der Waals surface area contributed by atoms with Gasteiger partial charge >= 0.3 is 0 Å². The summed E-state index contributed by atoms with van der Waals surface area (Å²) >= 11 is 5.88. The highest BCUT2D eigenvalue weighted by Gasteiger charge is 2.16. The number of amides is 1. The zero-order valence-corrected chi connectivity index (χ0v) is 12.6. The van der Waals surface area contributed by atoms with Crippen LogP contribution in [0, 0.1) is 0 Å². The van der Waals surface area contributed by atoms with Gasteiger partial charge in [0.05, 0.1) is 7.11 Å². The van der Waals surface area contributed by atoms with Gasteiger partial charge in [0, 0.05) is 10.7 Å². The lowest BCUT2D eigenvalue weighted by Gasteiger charge is -2.16.